The number of benzene rings is 1. The molecule has 0 aliphatic carbocycles. The van der Waals surface area contributed by atoms with Gasteiger partial charge >= 0.3 is 0 Å². The average Bonchev–Trinajstić information content (AvgIpc) is 2.67. The largest absolute Gasteiger partial charge is 0.292 e. The first kappa shape index (κ1) is 12.0. The highest BCUT2D eigenvalue weighted by molar-refractivity contribution is 9.10. The number of carbonyl (C=O) groups excluding carboxylic acids is 1. The number of nitrogens with zero attached hydrogens (tertiary/aromatic N) is 3. The van der Waals surface area contributed by atoms with E-state index in [2.05, 4.69) is 26.2 Å². The van der Waals surface area contributed by atoms with Gasteiger partial charge in [-0.05, 0) is 27.9 Å². The van der Waals surface area contributed by atoms with E-state index in [1.807, 2.05) is 30.3 Å². The van der Waals surface area contributed by atoms with E-state index < -0.39 is 0 Å². The van der Waals surface area contributed by atoms with Crippen molar-refractivity contribution in [2.75, 3.05) is 0 Å². The van der Waals surface area contributed by atoms with Crippen LogP contribution in [-0.2, 0) is 13.5 Å². The second-order valence-corrected chi connectivity index (χ2v) is 4.51. The number of Topliss-reactive ketones (excluding diaryl/α,β-unsaturated/α-hetero) is 1. The van der Waals surface area contributed by atoms with Gasteiger partial charge in [-0.1, -0.05) is 35.5 Å². The van der Waals surface area contributed by atoms with Crippen molar-refractivity contribution < 1.29 is 4.79 Å². The fourth-order valence-electron chi connectivity index (χ4n) is 1.65. The molecule has 0 N–H and O–H groups in total. The van der Waals surface area contributed by atoms with Crippen molar-refractivity contribution in [2.45, 2.75) is 12.8 Å². The van der Waals surface area contributed by atoms with Crippen LogP contribution in [-0.4, -0.2) is 20.8 Å². The predicted molar refractivity (Wildman–Crippen MR) is 67.8 cm³/mol. The number of carbonyl (C=O) groups is 1. The third-order valence-electron chi connectivity index (χ3n) is 2.53. The Morgan fingerprint density at radius 1 is 1.35 bits per heavy atom. The molecule has 5 heteroatoms. The third kappa shape index (κ3) is 2.79. The number of hydrogen-bond donors (Lipinski definition) is 0. The highest BCUT2D eigenvalue weighted by Crippen LogP contribution is 2.15. The molecule has 0 saturated heterocycles. The van der Waals surface area contributed by atoms with Gasteiger partial charge in [-0.3, -0.25) is 4.79 Å². The molecule has 4 nitrogen and oxygen atoms in total. The van der Waals surface area contributed by atoms with Crippen LogP contribution in [0.2, 0.25) is 0 Å². The van der Waals surface area contributed by atoms with E-state index >= 15 is 0 Å². The van der Waals surface area contributed by atoms with Crippen molar-refractivity contribution in [2.24, 2.45) is 7.05 Å². The molecule has 0 radical (unpaired) electrons. The molecule has 2 rings (SSSR count). The van der Waals surface area contributed by atoms with Crippen LogP contribution in [0.3, 0.4) is 0 Å². The Bertz CT molecular complexity index is 502. The molecule has 0 atom stereocenters. The second-order valence-electron chi connectivity index (χ2n) is 3.76. The van der Waals surface area contributed by atoms with E-state index in [0.717, 1.165) is 12.0 Å². The zero-order valence-electron chi connectivity index (χ0n) is 9.43. The van der Waals surface area contributed by atoms with Gasteiger partial charge in [0.2, 0.25) is 0 Å². The van der Waals surface area contributed by atoms with Crippen LogP contribution in [0.15, 0.2) is 34.9 Å². The topological polar surface area (TPSA) is 47.8 Å². The van der Waals surface area contributed by atoms with Gasteiger partial charge in [0.25, 0.3) is 0 Å². The summed E-state index contributed by atoms with van der Waals surface area (Å²) in [6.07, 6.45) is 1.20. The first-order valence-electron chi connectivity index (χ1n) is 5.31. The van der Waals surface area contributed by atoms with E-state index in [1.165, 1.54) is 4.68 Å². The standard InChI is InChI=1S/C12H12BrN3O/c1-16-11(12(13)14-15-16)10(17)8-7-9-5-3-2-4-6-9/h2-6H,7-8H2,1H3. The summed E-state index contributed by atoms with van der Waals surface area (Å²) in [7, 11) is 1.72. The number of hydrogen-bond acceptors (Lipinski definition) is 3. The fraction of sp³-hybridized carbons (Fsp3) is 0.250. The van der Waals surface area contributed by atoms with Crippen LogP contribution in [0.4, 0.5) is 0 Å². The fourth-order valence-corrected chi connectivity index (χ4v) is 2.20. The summed E-state index contributed by atoms with van der Waals surface area (Å²) in [6, 6.07) is 9.95. The summed E-state index contributed by atoms with van der Waals surface area (Å²) in [4.78, 5) is 12.0. The van der Waals surface area contributed by atoms with E-state index in [-0.39, 0.29) is 5.78 Å². The minimum atomic E-state index is 0.0493. The van der Waals surface area contributed by atoms with Gasteiger partial charge in [0.05, 0.1) is 0 Å². The monoisotopic (exact) mass is 293 g/mol. The Kier molecular flexibility index (Phi) is 3.68. The molecule has 0 spiro atoms. The van der Waals surface area contributed by atoms with Gasteiger partial charge in [0.1, 0.15) is 5.69 Å². The Morgan fingerprint density at radius 3 is 2.65 bits per heavy atom. The van der Waals surface area contributed by atoms with E-state index in [9.17, 15) is 4.79 Å². The van der Waals surface area contributed by atoms with Crippen molar-refractivity contribution in [1.29, 1.82) is 0 Å². The molecule has 2 aromatic rings. The normalized spacial score (nSPS) is 10.5. The quantitative estimate of drug-likeness (QED) is 0.813. The van der Waals surface area contributed by atoms with Gasteiger partial charge in [-0.15, -0.1) is 5.10 Å². The molecule has 0 saturated carbocycles. The van der Waals surface area contributed by atoms with Gasteiger partial charge in [0.15, 0.2) is 10.4 Å². The van der Waals surface area contributed by atoms with Crippen LogP contribution in [0.1, 0.15) is 22.5 Å². The molecule has 1 heterocycles. The summed E-state index contributed by atoms with van der Waals surface area (Å²) in [5.41, 5.74) is 1.69. The molecule has 0 fully saturated rings. The summed E-state index contributed by atoms with van der Waals surface area (Å²) in [5.74, 6) is 0.0493. The molecular weight excluding hydrogens is 282 g/mol. The maximum absolute atomic E-state index is 12.0. The van der Waals surface area contributed by atoms with Crippen LogP contribution in [0.5, 0.6) is 0 Å². The van der Waals surface area contributed by atoms with E-state index in [1.54, 1.807) is 7.05 Å². The predicted octanol–water partition coefficient (Wildman–Crippen LogP) is 2.39. The molecule has 0 amide bonds. The Balaban J connectivity index is 2.04. The second kappa shape index (κ2) is 5.23. The van der Waals surface area contributed by atoms with Crippen LogP contribution >= 0.6 is 15.9 Å². The SMILES string of the molecule is Cn1nnc(Br)c1C(=O)CCc1ccccc1. The number of rotatable bonds is 4. The minimum absolute atomic E-state index is 0.0493. The van der Waals surface area contributed by atoms with Crippen LogP contribution < -0.4 is 0 Å². The first-order valence-corrected chi connectivity index (χ1v) is 6.10. The zero-order chi connectivity index (χ0) is 12.3. The Morgan fingerprint density at radius 2 is 2.06 bits per heavy atom. The van der Waals surface area contributed by atoms with Crippen molar-refractivity contribution in [3.05, 3.63) is 46.2 Å². The third-order valence-corrected chi connectivity index (χ3v) is 3.07. The average molecular weight is 294 g/mol. The summed E-state index contributed by atoms with van der Waals surface area (Å²) in [6.45, 7) is 0. The van der Waals surface area contributed by atoms with Crippen molar-refractivity contribution in [3.8, 4) is 0 Å². The van der Waals surface area contributed by atoms with Crippen LogP contribution in [0, 0.1) is 0 Å². The molecule has 1 aromatic heterocycles. The number of halogens is 1. The van der Waals surface area contributed by atoms with Crippen molar-refractivity contribution in [3.63, 3.8) is 0 Å². The molecule has 88 valence electrons. The lowest BCUT2D eigenvalue weighted by Crippen LogP contribution is -2.08. The Hall–Kier alpha value is -1.49. The molecule has 0 aliphatic rings. The molecule has 0 unspecified atom stereocenters. The molecule has 1 aromatic carbocycles. The molecule has 17 heavy (non-hydrogen) atoms. The number of aryl methyl sites for hydroxylation is 2. The lowest BCUT2D eigenvalue weighted by molar-refractivity contribution is 0.0973. The molecular formula is C12H12BrN3O. The van der Waals surface area contributed by atoms with Crippen molar-refractivity contribution in [1.82, 2.24) is 15.0 Å². The van der Waals surface area contributed by atoms with Crippen LogP contribution in [0.25, 0.3) is 0 Å². The molecule has 0 bridgehead atoms. The molecule has 0 aliphatic heterocycles. The maximum Gasteiger partial charge on any atom is 0.184 e. The lowest BCUT2D eigenvalue weighted by atomic mass is 10.1. The lowest BCUT2D eigenvalue weighted by Gasteiger charge is -2.01. The van der Waals surface area contributed by atoms with Gasteiger partial charge in [0, 0.05) is 13.5 Å². The Labute approximate surface area is 108 Å². The summed E-state index contributed by atoms with van der Waals surface area (Å²) in [5, 5.41) is 7.59. The van der Waals surface area contributed by atoms with Crippen molar-refractivity contribution >= 4 is 21.7 Å². The van der Waals surface area contributed by atoms with Gasteiger partial charge in [-0.25, -0.2) is 4.68 Å². The zero-order valence-corrected chi connectivity index (χ0v) is 11.0. The summed E-state index contributed by atoms with van der Waals surface area (Å²) >= 11 is 3.23. The minimum Gasteiger partial charge on any atom is -0.292 e. The van der Waals surface area contributed by atoms with E-state index in [0.29, 0.717) is 16.7 Å². The smallest absolute Gasteiger partial charge is 0.184 e. The summed E-state index contributed by atoms with van der Waals surface area (Å²) < 4.78 is 2.01. The van der Waals surface area contributed by atoms with Gasteiger partial charge < -0.3 is 0 Å². The highest BCUT2D eigenvalue weighted by Gasteiger charge is 2.16. The first-order chi connectivity index (χ1) is 8.18. The number of ketones is 1. The number of aromatic nitrogens is 3. The van der Waals surface area contributed by atoms with E-state index in [4.69, 9.17) is 0 Å². The highest BCUT2D eigenvalue weighted by atomic mass is 79.9. The van der Waals surface area contributed by atoms with Gasteiger partial charge in [-0.2, -0.15) is 0 Å². The maximum atomic E-state index is 12.0.